The van der Waals surface area contributed by atoms with Gasteiger partial charge in [-0.05, 0) is 66.3 Å². The Hall–Kier alpha value is -1.83. The molecule has 2 aromatic rings. The second-order valence-electron chi connectivity index (χ2n) is 7.72. The van der Waals surface area contributed by atoms with E-state index in [2.05, 4.69) is 56.1 Å². The van der Waals surface area contributed by atoms with E-state index in [1.165, 1.54) is 31.2 Å². The lowest BCUT2D eigenvalue weighted by Gasteiger charge is -2.36. The third kappa shape index (κ3) is 4.13. The molecule has 0 radical (unpaired) electrons. The van der Waals surface area contributed by atoms with E-state index in [-0.39, 0.29) is 0 Å². The standard InChI is InChI=1S/C21H27NO/c1-21(2,3)18-8-12-20(13-9-18)23-19-10-6-16(7-11-19)17-5-4-14-22-15-17/h4-7,10-11,14-15,18,20H,8-9,12-13H2,1-3H3/t18-,20-. The van der Waals surface area contributed by atoms with Gasteiger partial charge in [-0.3, -0.25) is 4.98 Å². The monoisotopic (exact) mass is 309 g/mol. The normalized spacial score (nSPS) is 21.9. The predicted octanol–water partition coefficient (Wildman–Crippen LogP) is 5.73. The molecule has 3 rings (SSSR count). The highest BCUT2D eigenvalue weighted by Crippen LogP contribution is 2.38. The summed E-state index contributed by atoms with van der Waals surface area (Å²) in [5, 5.41) is 0. The van der Waals surface area contributed by atoms with Gasteiger partial charge in [-0.15, -0.1) is 0 Å². The Labute approximate surface area is 139 Å². The molecule has 2 nitrogen and oxygen atoms in total. The first-order valence-corrected chi connectivity index (χ1v) is 8.69. The van der Waals surface area contributed by atoms with Crippen molar-refractivity contribution in [2.45, 2.75) is 52.6 Å². The lowest BCUT2D eigenvalue weighted by atomic mass is 9.72. The van der Waals surface area contributed by atoms with Gasteiger partial charge in [0.15, 0.2) is 0 Å². The molecule has 0 spiro atoms. The number of benzene rings is 1. The van der Waals surface area contributed by atoms with E-state index in [0.29, 0.717) is 11.5 Å². The Bertz CT molecular complexity index is 605. The summed E-state index contributed by atoms with van der Waals surface area (Å²) in [5.41, 5.74) is 2.75. The van der Waals surface area contributed by atoms with Gasteiger partial charge >= 0.3 is 0 Å². The summed E-state index contributed by atoms with van der Waals surface area (Å²) in [7, 11) is 0. The zero-order valence-corrected chi connectivity index (χ0v) is 14.5. The molecule has 1 saturated carbocycles. The SMILES string of the molecule is CC(C)(C)[C@H]1CC[C@H](Oc2ccc(-c3cccnc3)cc2)CC1. The van der Waals surface area contributed by atoms with Crippen molar-refractivity contribution < 1.29 is 4.74 Å². The molecule has 2 heteroatoms. The number of aromatic nitrogens is 1. The molecular weight excluding hydrogens is 282 g/mol. The number of ether oxygens (including phenoxy) is 1. The number of pyridine rings is 1. The van der Waals surface area contributed by atoms with E-state index in [4.69, 9.17) is 4.74 Å². The van der Waals surface area contributed by atoms with Crippen LogP contribution in [0.3, 0.4) is 0 Å². The van der Waals surface area contributed by atoms with Crippen LogP contribution < -0.4 is 4.74 Å². The summed E-state index contributed by atoms with van der Waals surface area (Å²) in [6.45, 7) is 7.07. The van der Waals surface area contributed by atoms with E-state index in [9.17, 15) is 0 Å². The molecule has 122 valence electrons. The van der Waals surface area contributed by atoms with Gasteiger partial charge in [-0.1, -0.05) is 39.0 Å². The molecule has 0 amide bonds. The topological polar surface area (TPSA) is 22.1 Å². The molecule has 1 heterocycles. The third-order valence-electron chi connectivity index (χ3n) is 5.05. The Morgan fingerprint density at radius 3 is 2.17 bits per heavy atom. The quantitative estimate of drug-likeness (QED) is 0.722. The molecule has 0 aliphatic heterocycles. The van der Waals surface area contributed by atoms with E-state index in [1.54, 1.807) is 6.20 Å². The fourth-order valence-electron chi connectivity index (χ4n) is 3.50. The maximum Gasteiger partial charge on any atom is 0.119 e. The van der Waals surface area contributed by atoms with Gasteiger partial charge in [-0.2, -0.15) is 0 Å². The Kier molecular flexibility index (Phi) is 4.70. The maximum absolute atomic E-state index is 6.19. The van der Waals surface area contributed by atoms with E-state index >= 15 is 0 Å². The fraction of sp³-hybridized carbons (Fsp3) is 0.476. The van der Waals surface area contributed by atoms with Crippen molar-refractivity contribution in [3.05, 3.63) is 48.8 Å². The number of hydrogen-bond donors (Lipinski definition) is 0. The Morgan fingerprint density at radius 2 is 1.61 bits per heavy atom. The van der Waals surface area contributed by atoms with Crippen molar-refractivity contribution in [1.29, 1.82) is 0 Å². The smallest absolute Gasteiger partial charge is 0.119 e. The molecule has 23 heavy (non-hydrogen) atoms. The van der Waals surface area contributed by atoms with Crippen LogP contribution in [-0.4, -0.2) is 11.1 Å². The molecular formula is C21H27NO. The molecule has 0 bridgehead atoms. The first-order valence-electron chi connectivity index (χ1n) is 8.69. The molecule has 1 aromatic heterocycles. The van der Waals surface area contributed by atoms with Gasteiger partial charge < -0.3 is 4.74 Å². The Balaban J connectivity index is 1.57. The number of rotatable bonds is 3. The highest BCUT2D eigenvalue weighted by molar-refractivity contribution is 5.62. The zero-order valence-electron chi connectivity index (χ0n) is 14.5. The van der Waals surface area contributed by atoms with Crippen LogP contribution >= 0.6 is 0 Å². The van der Waals surface area contributed by atoms with Crippen LogP contribution in [-0.2, 0) is 0 Å². The summed E-state index contributed by atoms with van der Waals surface area (Å²) in [5.74, 6) is 1.81. The summed E-state index contributed by atoms with van der Waals surface area (Å²) in [4.78, 5) is 4.17. The van der Waals surface area contributed by atoms with Gasteiger partial charge in [0.05, 0.1) is 6.10 Å². The maximum atomic E-state index is 6.19. The molecule has 0 N–H and O–H groups in total. The van der Waals surface area contributed by atoms with Crippen LogP contribution in [0.2, 0.25) is 0 Å². The molecule has 1 aliphatic rings. The van der Waals surface area contributed by atoms with Gasteiger partial charge in [-0.25, -0.2) is 0 Å². The zero-order chi connectivity index (χ0) is 16.3. The highest BCUT2D eigenvalue weighted by atomic mass is 16.5. The van der Waals surface area contributed by atoms with Crippen LogP contribution in [0.25, 0.3) is 11.1 Å². The molecule has 1 aliphatic carbocycles. The lowest BCUT2D eigenvalue weighted by Crippen LogP contribution is -2.30. The van der Waals surface area contributed by atoms with Crippen LogP contribution in [0.1, 0.15) is 46.5 Å². The van der Waals surface area contributed by atoms with Gasteiger partial charge in [0.25, 0.3) is 0 Å². The molecule has 0 atom stereocenters. The average Bonchev–Trinajstić information content (AvgIpc) is 2.56. The van der Waals surface area contributed by atoms with E-state index in [0.717, 1.165) is 17.2 Å². The predicted molar refractivity (Wildman–Crippen MR) is 95.5 cm³/mol. The molecule has 1 aromatic carbocycles. The van der Waals surface area contributed by atoms with Gasteiger partial charge in [0.1, 0.15) is 5.75 Å². The van der Waals surface area contributed by atoms with Crippen molar-refractivity contribution in [2.24, 2.45) is 11.3 Å². The molecule has 0 unspecified atom stereocenters. The van der Waals surface area contributed by atoms with E-state index < -0.39 is 0 Å². The van der Waals surface area contributed by atoms with Crippen molar-refractivity contribution in [3.63, 3.8) is 0 Å². The van der Waals surface area contributed by atoms with Crippen LogP contribution in [0.15, 0.2) is 48.8 Å². The largest absolute Gasteiger partial charge is 0.490 e. The second-order valence-corrected chi connectivity index (χ2v) is 7.72. The van der Waals surface area contributed by atoms with Crippen molar-refractivity contribution in [3.8, 4) is 16.9 Å². The van der Waals surface area contributed by atoms with Gasteiger partial charge in [0.2, 0.25) is 0 Å². The van der Waals surface area contributed by atoms with Gasteiger partial charge in [0, 0.05) is 12.4 Å². The lowest BCUT2D eigenvalue weighted by molar-refractivity contribution is 0.0882. The van der Waals surface area contributed by atoms with Crippen LogP contribution in [0.5, 0.6) is 5.75 Å². The highest BCUT2D eigenvalue weighted by Gasteiger charge is 2.30. The van der Waals surface area contributed by atoms with Crippen molar-refractivity contribution in [2.75, 3.05) is 0 Å². The van der Waals surface area contributed by atoms with Crippen LogP contribution in [0, 0.1) is 11.3 Å². The van der Waals surface area contributed by atoms with E-state index in [1.807, 2.05) is 12.3 Å². The fourth-order valence-corrected chi connectivity index (χ4v) is 3.50. The summed E-state index contributed by atoms with van der Waals surface area (Å²) in [6.07, 6.45) is 8.97. The van der Waals surface area contributed by atoms with Crippen molar-refractivity contribution in [1.82, 2.24) is 4.98 Å². The third-order valence-corrected chi connectivity index (χ3v) is 5.05. The second kappa shape index (κ2) is 6.74. The first kappa shape index (κ1) is 16.0. The number of hydrogen-bond acceptors (Lipinski definition) is 2. The summed E-state index contributed by atoms with van der Waals surface area (Å²) < 4.78 is 6.19. The minimum absolute atomic E-state index is 0.373. The molecule has 0 saturated heterocycles. The summed E-state index contributed by atoms with van der Waals surface area (Å²) >= 11 is 0. The summed E-state index contributed by atoms with van der Waals surface area (Å²) in [6, 6.07) is 12.4. The average molecular weight is 309 g/mol. The minimum atomic E-state index is 0.373. The minimum Gasteiger partial charge on any atom is -0.490 e. The van der Waals surface area contributed by atoms with Crippen LogP contribution in [0.4, 0.5) is 0 Å². The first-order chi connectivity index (χ1) is 11.0. The Morgan fingerprint density at radius 1 is 0.913 bits per heavy atom. The van der Waals surface area contributed by atoms with Crippen molar-refractivity contribution >= 4 is 0 Å². The molecule has 1 fully saturated rings. The number of nitrogens with zero attached hydrogens (tertiary/aromatic N) is 1.